The predicted molar refractivity (Wildman–Crippen MR) is 64.1 cm³/mol. The molecule has 18 heavy (non-hydrogen) atoms. The molecule has 2 rings (SSSR count). The lowest BCUT2D eigenvalue weighted by molar-refractivity contribution is -0.115. The zero-order valence-electron chi connectivity index (χ0n) is 10.4. The number of amides is 1. The minimum atomic E-state index is -0.853. The highest BCUT2D eigenvalue weighted by molar-refractivity contribution is 6.52. The van der Waals surface area contributed by atoms with Gasteiger partial charge in [-0.1, -0.05) is 0 Å². The number of aryl methyl sites for hydroxylation is 1. The van der Waals surface area contributed by atoms with Crippen LogP contribution in [0.25, 0.3) is 0 Å². The van der Waals surface area contributed by atoms with Gasteiger partial charge >= 0.3 is 0 Å². The number of carbonyl (C=O) groups excluding carboxylic acids is 2. The molecule has 0 aliphatic carbocycles. The summed E-state index contributed by atoms with van der Waals surface area (Å²) in [4.78, 5) is 24.7. The SMILES string of the molecule is Cc1cc(F)c2c(c1)C(=O)C(=O)N2C(C)C(C)O. The summed E-state index contributed by atoms with van der Waals surface area (Å²) in [5, 5.41) is 9.53. The van der Waals surface area contributed by atoms with Crippen LogP contribution in [0.5, 0.6) is 0 Å². The number of fused-ring (bicyclic) bond motifs is 1. The lowest BCUT2D eigenvalue weighted by atomic mass is 10.1. The van der Waals surface area contributed by atoms with E-state index in [0.717, 1.165) is 4.90 Å². The van der Waals surface area contributed by atoms with Gasteiger partial charge in [-0.05, 0) is 38.5 Å². The summed E-state index contributed by atoms with van der Waals surface area (Å²) in [6, 6.07) is 2.11. The van der Waals surface area contributed by atoms with Crippen LogP contribution in [0.4, 0.5) is 10.1 Å². The molecule has 5 heteroatoms. The Morgan fingerprint density at radius 2 is 1.89 bits per heavy atom. The van der Waals surface area contributed by atoms with E-state index in [-0.39, 0.29) is 11.3 Å². The Morgan fingerprint density at radius 1 is 1.28 bits per heavy atom. The van der Waals surface area contributed by atoms with Crippen LogP contribution in [0.2, 0.25) is 0 Å². The molecule has 1 aliphatic rings. The van der Waals surface area contributed by atoms with Gasteiger partial charge < -0.3 is 5.11 Å². The molecule has 0 saturated carbocycles. The van der Waals surface area contributed by atoms with Gasteiger partial charge in [0.25, 0.3) is 11.7 Å². The van der Waals surface area contributed by atoms with Crippen molar-refractivity contribution in [2.24, 2.45) is 0 Å². The molecule has 1 aromatic carbocycles. The zero-order valence-corrected chi connectivity index (χ0v) is 10.4. The number of halogens is 1. The second-order valence-corrected chi connectivity index (χ2v) is 4.63. The smallest absolute Gasteiger partial charge is 0.299 e. The van der Waals surface area contributed by atoms with Crippen molar-refractivity contribution in [1.82, 2.24) is 0 Å². The van der Waals surface area contributed by atoms with Crippen LogP contribution >= 0.6 is 0 Å². The number of aliphatic hydroxyl groups is 1. The fourth-order valence-corrected chi connectivity index (χ4v) is 2.08. The number of nitrogens with zero attached hydrogens (tertiary/aromatic N) is 1. The van der Waals surface area contributed by atoms with Gasteiger partial charge in [-0.2, -0.15) is 0 Å². The van der Waals surface area contributed by atoms with Gasteiger partial charge in [0.05, 0.1) is 23.4 Å². The maximum absolute atomic E-state index is 13.9. The fraction of sp³-hybridized carbons (Fsp3) is 0.385. The summed E-state index contributed by atoms with van der Waals surface area (Å²) >= 11 is 0. The highest BCUT2D eigenvalue weighted by Crippen LogP contribution is 2.34. The molecule has 1 N–H and O–H groups in total. The van der Waals surface area contributed by atoms with E-state index in [1.54, 1.807) is 13.8 Å². The summed E-state index contributed by atoms with van der Waals surface area (Å²) in [5.74, 6) is -2.13. The Labute approximate surface area is 104 Å². The molecular formula is C13H14FNO3. The average Bonchev–Trinajstić information content (AvgIpc) is 2.52. The number of hydrogen-bond donors (Lipinski definition) is 1. The summed E-state index contributed by atoms with van der Waals surface area (Å²) in [7, 11) is 0. The monoisotopic (exact) mass is 251 g/mol. The third-order valence-electron chi connectivity index (χ3n) is 3.21. The van der Waals surface area contributed by atoms with E-state index in [1.807, 2.05) is 0 Å². The van der Waals surface area contributed by atoms with E-state index in [4.69, 9.17) is 0 Å². The number of benzene rings is 1. The first-order valence-electron chi connectivity index (χ1n) is 5.70. The lowest BCUT2D eigenvalue weighted by Crippen LogP contribution is -2.44. The molecule has 1 aromatic rings. The van der Waals surface area contributed by atoms with Crippen molar-refractivity contribution >= 4 is 17.4 Å². The van der Waals surface area contributed by atoms with Crippen molar-refractivity contribution in [3.8, 4) is 0 Å². The van der Waals surface area contributed by atoms with Gasteiger partial charge in [0.1, 0.15) is 5.82 Å². The molecule has 0 aromatic heterocycles. The van der Waals surface area contributed by atoms with Crippen molar-refractivity contribution in [3.05, 3.63) is 29.1 Å². The molecule has 0 bridgehead atoms. The molecule has 96 valence electrons. The van der Waals surface area contributed by atoms with E-state index in [9.17, 15) is 19.1 Å². The molecule has 0 radical (unpaired) electrons. The third kappa shape index (κ3) is 1.71. The molecule has 1 amide bonds. The van der Waals surface area contributed by atoms with Crippen molar-refractivity contribution < 1.29 is 19.1 Å². The van der Waals surface area contributed by atoms with Gasteiger partial charge in [-0.3, -0.25) is 14.5 Å². The van der Waals surface area contributed by atoms with E-state index < -0.39 is 29.7 Å². The van der Waals surface area contributed by atoms with Crippen molar-refractivity contribution in [3.63, 3.8) is 0 Å². The van der Waals surface area contributed by atoms with Crippen molar-refractivity contribution in [1.29, 1.82) is 0 Å². The van der Waals surface area contributed by atoms with E-state index >= 15 is 0 Å². The molecule has 1 heterocycles. The number of anilines is 1. The van der Waals surface area contributed by atoms with Crippen molar-refractivity contribution in [2.45, 2.75) is 32.9 Å². The van der Waals surface area contributed by atoms with Crippen LogP contribution in [-0.2, 0) is 4.79 Å². The highest BCUT2D eigenvalue weighted by atomic mass is 19.1. The number of hydrogen-bond acceptors (Lipinski definition) is 3. The van der Waals surface area contributed by atoms with Gasteiger partial charge in [0, 0.05) is 0 Å². The fourth-order valence-electron chi connectivity index (χ4n) is 2.08. The third-order valence-corrected chi connectivity index (χ3v) is 3.21. The van der Waals surface area contributed by atoms with Gasteiger partial charge in [-0.25, -0.2) is 4.39 Å². The number of Topliss-reactive ketones (excluding diaryl/α,β-unsaturated/α-hetero) is 1. The van der Waals surface area contributed by atoms with Crippen LogP contribution in [0.3, 0.4) is 0 Å². The Morgan fingerprint density at radius 3 is 2.44 bits per heavy atom. The minimum Gasteiger partial charge on any atom is -0.391 e. The Bertz CT molecular complexity index is 539. The normalized spacial score (nSPS) is 17.9. The quantitative estimate of drug-likeness (QED) is 0.809. The van der Waals surface area contributed by atoms with Crippen LogP contribution in [-0.4, -0.2) is 28.9 Å². The topological polar surface area (TPSA) is 57.6 Å². The van der Waals surface area contributed by atoms with E-state index in [0.29, 0.717) is 5.56 Å². The number of rotatable bonds is 2. The number of aliphatic hydroxyl groups excluding tert-OH is 1. The molecule has 2 atom stereocenters. The van der Waals surface area contributed by atoms with E-state index in [2.05, 4.69) is 0 Å². The molecule has 0 saturated heterocycles. The van der Waals surface area contributed by atoms with Crippen LogP contribution in [0, 0.1) is 12.7 Å². The average molecular weight is 251 g/mol. The molecule has 1 aliphatic heterocycles. The molecule has 4 nitrogen and oxygen atoms in total. The summed E-state index contributed by atoms with van der Waals surface area (Å²) in [5.41, 5.74) is 0.632. The van der Waals surface area contributed by atoms with Crippen molar-refractivity contribution in [2.75, 3.05) is 4.90 Å². The van der Waals surface area contributed by atoms with Crippen LogP contribution in [0.1, 0.15) is 29.8 Å². The Kier molecular flexibility index (Phi) is 2.94. The maximum Gasteiger partial charge on any atom is 0.299 e. The van der Waals surface area contributed by atoms with Gasteiger partial charge in [-0.15, -0.1) is 0 Å². The Hall–Kier alpha value is -1.75. The van der Waals surface area contributed by atoms with Crippen LogP contribution in [0.15, 0.2) is 12.1 Å². The number of ketones is 1. The predicted octanol–water partition coefficient (Wildman–Crippen LogP) is 1.43. The van der Waals surface area contributed by atoms with Crippen LogP contribution < -0.4 is 4.90 Å². The van der Waals surface area contributed by atoms with E-state index in [1.165, 1.54) is 19.1 Å². The highest BCUT2D eigenvalue weighted by Gasteiger charge is 2.41. The Balaban J connectivity index is 2.62. The van der Waals surface area contributed by atoms with Gasteiger partial charge in [0.15, 0.2) is 0 Å². The standard InChI is InChI=1S/C13H14FNO3/c1-6-4-9-11(10(14)5-6)15(7(2)8(3)16)13(18)12(9)17/h4-5,7-8,16H,1-3H3. The lowest BCUT2D eigenvalue weighted by Gasteiger charge is -2.27. The van der Waals surface area contributed by atoms with Gasteiger partial charge in [0.2, 0.25) is 0 Å². The summed E-state index contributed by atoms with van der Waals surface area (Å²) in [6.45, 7) is 4.72. The minimum absolute atomic E-state index is 0.0241. The molecular weight excluding hydrogens is 237 g/mol. The first-order valence-corrected chi connectivity index (χ1v) is 5.70. The summed E-state index contributed by atoms with van der Waals surface area (Å²) in [6.07, 6.45) is -0.853. The first kappa shape index (κ1) is 12.7. The molecule has 2 unspecified atom stereocenters. The largest absolute Gasteiger partial charge is 0.391 e. The zero-order chi connectivity index (χ0) is 13.6. The maximum atomic E-state index is 13.9. The second-order valence-electron chi connectivity index (χ2n) is 4.63. The summed E-state index contributed by atoms with van der Waals surface area (Å²) < 4.78 is 13.9. The number of carbonyl (C=O) groups is 2. The first-order chi connectivity index (χ1) is 8.34. The second kappa shape index (κ2) is 4.17. The molecule has 0 fully saturated rings. The molecule has 0 spiro atoms.